The standard InChI is InChI=1S/C21H24N2O2S/c1-15(16-8-4-2-5-9-16)23-13-12-18(21(23)25)19(20(22)24)14-26-17-10-6-3-7-11-17/h2-11,15,18-19H,12-14H2,1H3,(H2,22,24)/t15-,18+,19+/m1/s1. The Balaban J connectivity index is 1.69. The monoisotopic (exact) mass is 368 g/mol. The van der Waals surface area contributed by atoms with E-state index < -0.39 is 5.92 Å². The molecule has 5 heteroatoms. The summed E-state index contributed by atoms with van der Waals surface area (Å²) in [6.07, 6.45) is 0.680. The van der Waals surface area contributed by atoms with Crippen molar-refractivity contribution in [1.29, 1.82) is 0 Å². The molecule has 0 aliphatic carbocycles. The van der Waals surface area contributed by atoms with Crippen LogP contribution in [0.25, 0.3) is 0 Å². The summed E-state index contributed by atoms with van der Waals surface area (Å²) in [4.78, 5) is 28.0. The van der Waals surface area contributed by atoms with Crippen LogP contribution in [0.15, 0.2) is 65.6 Å². The Morgan fingerprint density at radius 2 is 1.77 bits per heavy atom. The van der Waals surface area contributed by atoms with Crippen LogP contribution in [0.5, 0.6) is 0 Å². The molecule has 1 saturated heterocycles. The van der Waals surface area contributed by atoms with Crippen molar-refractivity contribution >= 4 is 23.6 Å². The SMILES string of the molecule is C[C@H](c1ccccc1)N1CC[C@@H]([C@H](CSc2ccccc2)C(N)=O)C1=O. The van der Waals surface area contributed by atoms with Crippen LogP contribution in [0.4, 0.5) is 0 Å². The van der Waals surface area contributed by atoms with Crippen LogP contribution >= 0.6 is 11.8 Å². The minimum Gasteiger partial charge on any atom is -0.369 e. The van der Waals surface area contributed by atoms with Crippen molar-refractivity contribution in [2.24, 2.45) is 17.6 Å². The van der Waals surface area contributed by atoms with Gasteiger partial charge >= 0.3 is 0 Å². The number of likely N-dealkylation sites (tertiary alicyclic amines) is 1. The maximum absolute atomic E-state index is 13.0. The molecule has 2 N–H and O–H groups in total. The number of nitrogens with two attached hydrogens (primary N) is 1. The van der Waals surface area contributed by atoms with Gasteiger partial charge in [0.1, 0.15) is 0 Å². The lowest BCUT2D eigenvalue weighted by atomic mass is 9.92. The Labute approximate surface area is 158 Å². The van der Waals surface area contributed by atoms with Gasteiger partial charge in [0, 0.05) is 17.2 Å². The van der Waals surface area contributed by atoms with Gasteiger partial charge in [0.25, 0.3) is 0 Å². The van der Waals surface area contributed by atoms with Gasteiger partial charge < -0.3 is 10.6 Å². The van der Waals surface area contributed by atoms with Crippen molar-refractivity contribution in [3.05, 3.63) is 66.2 Å². The molecular weight excluding hydrogens is 344 g/mol. The zero-order valence-corrected chi connectivity index (χ0v) is 15.7. The molecule has 0 unspecified atom stereocenters. The first kappa shape index (κ1) is 18.5. The van der Waals surface area contributed by atoms with Crippen molar-refractivity contribution in [2.45, 2.75) is 24.3 Å². The third-order valence-electron chi connectivity index (χ3n) is 5.05. The third kappa shape index (κ3) is 4.10. The molecule has 0 radical (unpaired) electrons. The number of carbonyl (C=O) groups is 2. The lowest BCUT2D eigenvalue weighted by molar-refractivity contribution is -0.137. The molecule has 2 aromatic rings. The van der Waals surface area contributed by atoms with E-state index >= 15 is 0 Å². The van der Waals surface area contributed by atoms with E-state index in [9.17, 15) is 9.59 Å². The Bertz CT molecular complexity index is 751. The summed E-state index contributed by atoms with van der Waals surface area (Å²) < 4.78 is 0. The number of thioether (sulfide) groups is 1. The van der Waals surface area contributed by atoms with E-state index in [1.54, 1.807) is 11.8 Å². The fourth-order valence-electron chi connectivity index (χ4n) is 3.49. The second-order valence-corrected chi connectivity index (χ2v) is 7.74. The molecule has 0 spiro atoms. The topological polar surface area (TPSA) is 63.4 Å². The number of hydrogen-bond acceptors (Lipinski definition) is 3. The van der Waals surface area contributed by atoms with Crippen molar-refractivity contribution in [3.8, 4) is 0 Å². The highest BCUT2D eigenvalue weighted by Gasteiger charge is 2.41. The highest BCUT2D eigenvalue weighted by molar-refractivity contribution is 7.99. The lowest BCUT2D eigenvalue weighted by Crippen LogP contribution is -2.38. The van der Waals surface area contributed by atoms with Crippen molar-refractivity contribution in [3.63, 3.8) is 0 Å². The molecular formula is C21H24N2O2S. The Morgan fingerprint density at radius 3 is 2.38 bits per heavy atom. The second-order valence-electron chi connectivity index (χ2n) is 6.65. The number of carbonyl (C=O) groups excluding carboxylic acids is 2. The first-order valence-corrected chi connectivity index (χ1v) is 9.89. The summed E-state index contributed by atoms with van der Waals surface area (Å²) in [7, 11) is 0. The van der Waals surface area contributed by atoms with Crippen molar-refractivity contribution in [1.82, 2.24) is 4.90 Å². The van der Waals surface area contributed by atoms with Crippen LogP contribution in [0.2, 0.25) is 0 Å². The Kier molecular flexibility index (Phi) is 5.99. The predicted octanol–water partition coefficient (Wildman–Crippen LogP) is 3.49. The fourth-order valence-corrected chi connectivity index (χ4v) is 4.61. The van der Waals surface area contributed by atoms with E-state index in [1.165, 1.54) is 0 Å². The molecule has 136 valence electrons. The van der Waals surface area contributed by atoms with Crippen molar-refractivity contribution in [2.75, 3.05) is 12.3 Å². The second kappa shape index (κ2) is 8.41. The Morgan fingerprint density at radius 1 is 1.15 bits per heavy atom. The third-order valence-corrected chi connectivity index (χ3v) is 6.19. The highest BCUT2D eigenvalue weighted by atomic mass is 32.2. The smallest absolute Gasteiger partial charge is 0.227 e. The average molecular weight is 369 g/mol. The normalized spacial score (nSPS) is 19.3. The van der Waals surface area contributed by atoms with Gasteiger partial charge in [-0.3, -0.25) is 9.59 Å². The molecule has 2 aromatic carbocycles. The lowest BCUT2D eigenvalue weighted by Gasteiger charge is -2.26. The van der Waals surface area contributed by atoms with Crippen LogP contribution < -0.4 is 5.73 Å². The molecule has 1 aliphatic heterocycles. The van der Waals surface area contributed by atoms with E-state index in [2.05, 4.69) is 0 Å². The Hall–Kier alpha value is -2.27. The molecule has 4 nitrogen and oxygen atoms in total. The summed E-state index contributed by atoms with van der Waals surface area (Å²) in [6.45, 7) is 2.70. The van der Waals surface area contributed by atoms with Gasteiger partial charge in [0.05, 0.1) is 17.9 Å². The molecule has 0 saturated carbocycles. The van der Waals surface area contributed by atoms with Gasteiger partial charge in [-0.1, -0.05) is 48.5 Å². The number of nitrogens with zero attached hydrogens (tertiary/aromatic N) is 1. The summed E-state index contributed by atoms with van der Waals surface area (Å²) >= 11 is 1.58. The maximum Gasteiger partial charge on any atom is 0.227 e. The summed E-state index contributed by atoms with van der Waals surface area (Å²) in [5, 5.41) is 0. The van der Waals surface area contributed by atoms with Crippen LogP contribution in [-0.4, -0.2) is 29.0 Å². The van der Waals surface area contributed by atoms with Gasteiger partial charge in [-0.2, -0.15) is 0 Å². The van der Waals surface area contributed by atoms with Crippen molar-refractivity contribution < 1.29 is 9.59 Å². The number of benzene rings is 2. The van der Waals surface area contributed by atoms with Gasteiger partial charge in [-0.05, 0) is 31.0 Å². The zero-order chi connectivity index (χ0) is 18.5. The van der Waals surface area contributed by atoms with E-state index in [-0.39, 0.29) is 23.8 Å². The van der Waals surface area contributed by atoms with Crippen LogP contribution in [0, 0.1) is 11.8 Å². The minimum absolute atomic E-state index is 0.00371. The van der Waals surface area contributed by atoms with Gasteiger partial charge in [0.15, 0.2) is 0 Å². The summed E-state index contributed by atoms with van der Waals surface area (Å²) in [6, 6.07) is 19.9. The predicted molar refractivity (Wildman–Crippen MR) is 105 cm³/mol. The van der Waals surface area contributed by atoms with Crippen LogP contribution in [0.3, 0.4) is 0 Å². The minimum atomic E-state index is -0.444. The zero-order valence-electron chi connectivity index (χ0n) is 14.9. The highest BCUT2D eigenvalue weighted by Crippen LogP contribution is 2.34. The molecule has 2 amide bonds. The number of hydrogen-bond donors (Lipinski definition) is 1. The first-order chi connectivity index (χ1) is 12.6. The largest absolute Gasteiger partial charge is 0.369 e. The van der Waals surface area contributed by atoms with Gasteiger partial charge in [0.2, 0.25) is 11.8 Å². The number of rotatable bonds is 7. The summed E-state index contributed by atoms with van der Waals surface area (Å²) in [5.41, 5.74) is 6.76. The molecule has 0 bridgehead atoms. The average Bonchev–Trinajstić information content (AvgIpc) is 3.04. The van der Waals surface area contributed by atoms with Gasteiger partial charge in [-0.25, -0.2) is 0 Å². The molecule has 3 atom stereocenters. The van der Waals surface area contributed by atoms with E-state index in [0.29, 0.717) is 18.7 Å². The quantitative estimate of drug-likeness (QED) is 0.761. The molecule has 1 heterocycles. The number of primary amides is 1. The fraction of sp³-hybridized carbons (Fsp3) is 0.333. The van der Waals surface area contributed by atoms with E-state index in [1.807, 2.05) is 72.5 Å². The van der Waals surface area contributed by atoms with Crippen LogP contribution in [-0.2, 0) is 9.59 Å². The molecule has 3 rings (SSSR count). The van der Waals surface area contributed by atoms with E-state index in [0.717, 1.165) is 10.5 Å². The number of amides is 2. The van der Waals surface area contributed by atoms with Crippen LogP contribution in [0.1, 0.15) is 24.9 Å². The maximum atomic E-state index is 13.0. The molecule has 0 aromatic heterocycles. The molecule has 1 fully saturated rings. The first-order valence-electron chi connectivity index (χ1n) is 8.90. The molecule has 26 heavy (non-hydrogen) atoms. The van der Waals surface area contributed by atoms with E-state index in [4.69, 9.17) is 5.73 Å². The van der Waals surface area contributed by atoms with Gasteiger partial charge in [-0.15, -0.1) is 11.8 Å². The molecule has 1 aliphatic rings. The summed E-state index contributed by atoms with van der Waals surface area (Å²) in [5.74, 6) is -0.584.